The molecule has 0 saturated carbocycles. The molecule has 0 fully saturated rings. The summed E-state index contributed by atoms with van der Waals surface area (Å²) in [6.07, 6.45) is 0.732. The van der Waals surface area contributed by atoms with Crippen molar-refractivity contribution in [3.63, 3.8) is 0 Å². The highest BCUT2D eigenvalue weighted by atomic mass is 32.2. The van der Waals surface area contributed by atoms with E-state index in [0.29, 0.717) is 12.1 Å². The molecule has 1 amide bonds. The first-order chi connectivity index (χ1) is 10.4. The second-order valence-corrected chi connectivity index (χ2v) is 8.12. The number of carbonyl (C=O) groups excluding carboxylic acids is 1. The van der Waals surface area contributed by atoms with Gasteiger partial charge in [-0.25, -0.2) is 8.42 Å². The lowest BCUT2D eigenvalue weighted by Crippen LogP contribution is -2.38. The van der Waals surface area contributed by atoms with E-state index in [4.69, 9.17) is 5.73 Å². The minimum atomic E-state index is -3.59. The zero-order chi connectivity index (χ0) is 15.9. The van der Waals surface area contributed by atoms with E-state index in [1.54, 1.807) is 11.3 Å². The monoisotopic (exact) mass is 336 g/mol. The Bertz CT molecular complexity index is 810. The van der Waals surface area contributed by atoms with Crippen LogP contribution in [0.25, 0.3) is 0 Å². The number of primary amides is 1. The maximum absolute atomic E-state index is 12.8. The molecule has 0 bridgehead atoms. The van der Waals surface area contributed by atoms with Crippen molar-refractivity contribution in [2.45, 2.75) is 24.3 Å². The fourth-order valence-electron chi connectivity index (χ4n) is 2.74. The van der Waals surface area contributed by atoms with Gasteiger partial charge in [-0.1, -0.05) is 0 Å². The Morgan fingerprint density at radius 1 is 1.27 bits per heavy atom. The van der Waals surface area contributed by atoms with E-state index < -0.39 is 15.9 Å². The van der Waals surface area contributed by atoms with Gasteiger partial charge in [-0.3, -0.25) is 4.79 Å². The lowest BCUT2D eigenvalue weighted by Gasteiger charge is -2.32. The van der Waals surface area contributed by atoms with Crippen LogP contribution in [-0.4, -0.2) is 25.2 Å². The minimum absolute atomic E-state index is 0.183. The van der Waals surface area contributed by atoms with E-state index in [0.717, 1.165) is 12.0 Å². The van der Waals surface area contributed by atoms with Gasteiger partial charge in [0.1, 0.15) is 0 Å². The normalized spacial score (nSPS) is 18.9. The zero-order valence-electron chi connectivity index (χ0n) is 12.0. The second-order valence-electron chi connectivity index (χ2n) is 5.23. The number of fused-ring (bicyclic) bond motifs is 1. The van der Waals surface area contributed by atoms with E-state index >= 15 is 0 Å². The van der Waals surface area contributed by atoms with Crippen molar-refractivity contribution < 1.29 is 13.2 Å². The van der Waals surface area contributed by atoms with Gasteiger partial charge in [0.05, 0.1) is 4.90 Å². The maximum atomic E-state index is 12.8. The summed E-state index contributed by atoms with van der Waals surface area (Å²) in [6, 6.07) is 7.56. The van der Waals surface area contributed by atoms with Crippen molar-refractivity contribution in [2.24, 2.45) is 5.73 Å². The Morgan fingerprint density at radius 3 is 2.59 bits per heavy atom. The number of amides is 1. The van der Waals surface area contributed by atoms with Crippen LogP contribution in [0.3, 0.4) is 0 Å². The van der Waals surface area contributed by atoms with Crippen molar-refractivity contribution in [2.75, 3.05) is 6.54 Å². The van der Waals surface area contributed by atoms with Gasteiger partial charge >= 0.3 is 0 Å². The van der Waals surface area contributed by atoms with Gasteiger partial charge in [-0.05, 0) is 54.6 Å². The van der Waals surface area contributed by atoms with Gasteiger partial charge in [0, 0.05) is 23.0 Å². The average Bonchev–Trinajstić information content (AvgIpc) is 2.97. The summed E-state index contributed by atoms with van der Waals surface area (Å²) in [6.45, 7) is 2.37. The first kappa shape index (κ1) is 15.2. The summed E-state index contributed by atoms with van der Waals surface area (Å²) in [7, 11) is -3.59. The van der Waals surface area contributed by atoms with E-state index in [-0.39, 0.29) is 10.9 Å². The highest BCUT2D eigenvalue weighted by Crippen LogP contribution is 2.36. The molecular formula is C15H16N2O3S2. The van der Waals surface area contributed by atoms with E-state index in [1.165, 1.54) is 33.4 Å². The molecular weight excluding hydrogens is 320 g/mol. The Labute approximate surface area is 133 Å². The van der Waals surface area contributed by atoms with Crippen LogP contribution in [0.2, 0.25) is 0 Å². The third kappa shape index (κ3) is 2.45. The number of rotatable bonds is 3. The van der Waals surface area contributed by atoms with Gasteiger partial charge in [0.2, 0.25) is 15.9 Å². The molecule has 0 spiro atoms. The molecule has 1 unspecified atom stereocenters. The largest absolute Gasteiger partial charge is 0.366 e. The molecule has 0 saturated heterocycles. The minimum Gasteiger partial charge on any atom is -0.366 e. The molecule has 7 heteroatoms. The van der Waals surface area contributed by atoms with Crippen LogP contribution in [0.4, 0.5) is 0 Å². The quantitative estimate of drug-likeness (QED) is 0.932. The molecule has 2 N–H and O–H groups in total. The number of sulfonamides is 1. The van der Waals surface area contributed by atoms with E-state index in [9.17, 15) is 13.2 Å². The summed E-state index contributed by atoms with van der Waals surface area (Å²) in [5.74, 6) is -0.571. The van der Waals surface area contributed by atoms with Gasteiger partial charge < -0.3 is 5.73 Å². The van der Waals surface area contributed by atoms with Gasteiger partial charge in [-0.15, -0.1) is 11.3 Å². The molecule has 2 heterocycles. The third-order valence-corrected chi connectivity index (χ3v) is 6.95. The molecule has 1 aromatic carbocycles. The number of benzene rings is 1. The van der Waals surface area contributed by atoms with Crippen molar-refractivity contribution in [3.8, 4) is 0 Å². The van der Waals surface area contributed by atoms with Crippen molar-refractivity contribution in [1.29, 1.82) is 0 Å². The molecule has 0 aliphatic carbocycles. The summed E-state index contributed by atoms with van der Waals surface area (Å²) < 4.78 is 27.2. The van der Waals surface area contributed by atoms with Crippen LogP contribution >= 0.6 is 11.3 Å². The smallest absolute Gasteiger partial charge is 0.248 e. The molecule has 5 nitrogen and oxygen atoms in total. The molecule has 3 rings (SSSR count). The fourth-order valence-corrected chi connectivity index (χ4v) is 5.32. The van der Waals surface area contributed by atoms with Gasteiger partial charge in [0.25, 0.3) is 0 Å². The number of nitrogens with two attached hydrogens (primary N) is 1. The maximum Gasteiger partial charge on any atom is 0.248 e. The number of hydrogen-bond acceptors (Lipinski definition) is 4. The predicted octanol–water partition coefficient (Wildman–Crippen LogP) is 2.16. The average molecular weight is 336 g/mol. The molecule has 22 heavy (non-hydrogen) atoms. The molecule has 2 aromatic rings. The lowest BCUT2D eigenvalue weighted by molar-refractivity contribution is 0.1000. The Hall–Kier alpha value is -1.70. The molecule has 1 aliphatic rings. The van der Waals surface area contributed by atoms with E-state index in [1.807, 2.05) is 18.4 Å². The van der Waals surface area contributed by atoms with Crippen LogP contribution in [0.15, 0.2) is 40.6 Å². The summed E-state index contributed by atoms with van der Waals surface area (Å²) in [4.78, 5) is 12.5. The van der Waals surface area contributed by atoms with Crippen LogP contribution in [0, 0.1) is 0 Å². The Morgan fingerprint density at radius 2 is 1.95 bits per heavy atom. The first-order valence-corrected chi connectivity index (χ1v) is 9.21. The number of nitrogens with zero attached hydrogens (tertiary/aromatic N) is 1. The van der Waals surface area contributed by atoms with Crippen LogP contribution in [0.1, 0.15) is 33.8 Å². The van der Waals surface area contributed by atoms with E-state index in [2.05, 4.69) is 0 Å². The zero-order valence-corrected chi connectivity index (χ0v) is 13.7. The highest BCUT2D eigenvalue weighted by molar-refractivity contribution is 7.89. The number of hydrogen-bond donors (Lipinski definition) is 1. The third-order valence-electron chi connectivity index (χ3n) is 3.97. The molecule has 116 valence electrons. The van der Waals surface area contributed by atoms with Gasteiger partial charge in [-0.2, -0.15) is 4.31 Å². The van der Waals surface area contributed by atoms with Gasteiger partial charge in [0.15, 0.2) is 0 Å². The summed E-state index contributed by atoms with van der Waals surface area (Å²) in [5, 5.41) is 2.00. The van der Waals surface area contributed by atoms with Crippen molar-refractivity contribution in [3.05, 3.63) is 51.7 Å². The molecule has 1 aromatic heterocycles. The molecule has 1 atom stereocenters. The summed E-state index contributed by atoms with van der Waals surface area (Å²) in [5.41, 5.74) is 6.56. The Balaban J connectivity index is 1.95. The number of carbonyl (C=O) groups is 1. The first-order valence-electron chi connectivity index (χ1n) is 6.89. The van der Waals surface area contributed by atoms with Crippen LogP contribution < -0.4 is 5.73 Å². The van der Waals surface area contributed by atoms with Crippen LogP contribution in [-0.2, 0) is 16.4 Å². The second kappa shape index (κ2) is 5.49. The predicted molar refractivity (Wildman–Crippen MR) is 85.3 cm³/mol. The van der Waals surface area contributed by atoms with Crippen molar-refractivity contribution >= 4 is 27.3 Å². The van der Waals surface area contributed by atoms with Crippen molar-refractivity contribution in [1.82, 2.24) is 4.31 Å². The number of thiophene rings is 1. The molecule has 0 radical (unpaired) electrons. The fraction of sp³-hybridized carbons (Fsp3) is 0.267. The SMILES string of the molecule is CC1c2ccsc2CCN1S(=O)(=O)c1ccc(C(N)=O)cc1. The topological polar surface area (TPSA) is 80.5 Å². The van der Waals surface area contributed by atoms with Crippen LogP contribution in [0.5, 0.6) is 0 Å². The lowest BCUT2D eigenvalue weighted by atomic mass is 10.0. The standard InChI is InChI=1S/C15H16N2O3S2/c1-10-13-7-9-21-14(13)6-8-17(10)22(19,20)12-4-2-11(3-5-12)15(16)18/h2-5,7,9-10H,6,8H2,1H3,(H2,16,18). The molecule has 1 aliphatic heterocycles. The Kier molecular flexibility index (Phi) is 3.80. The summed E-state index contributed by atoms with van der Waals surface area (Å²) >= 11 is 1.67. The highest BCUT2D eigenvalue weighted by Gasteiger charge is 2.34.